The molecule has 6 aliphatic rings. The number of unbranched alkanes of at least 4 members (excludes halogenated alkanes) is 2. The van der Waals surface area contributed by atoms with Crippen molar-refractivity contribution in [2.45, 2.75) is 163 Å². The quantitative estimate of drug-likeness (QED) is 0.0589. The molecule has 1 radical (unpaired) electrons. The number of methoxy groups -OCH3 is 2. The molecule has 8 nitrogen and oxygen atoms in total. The third kappa shape index (κ3) is 9.47. The molecule has 2 unspecified atom stereocenters. The van der Waals surface area contributed by atoms with Crippen LogP contribution < -0.4 is 22.1 Å². The highest BCUT2D eigenvalue weighted by Gasteiger charge is 2.50. The lowest BCUT2D eigenvalue weighted by atomic mass is 9.56. The Kier molecular flexibility index (Phi) is 13.7. The molecule has 4 bridgehead atoms. The van der Waals surface area contributed by atoms with Crippen LogP contribution in [0.4, 0.5) is 0 Å². The van der Waals surface area contributed by atoms with Crippen LogP contribution in [0.3, 0.4) is 0 Å². The van der Waals surface area contributed by atoms with Gasteiger partial charge < -0.3 is 30.2 Å². The monoisotopic (exact) mass is 702 g/mol. The van der Waals surface area contributed by atoms with E-state index in [4.69, 9.17) is 30.2 Å². The summed E-state index contributed by atoms with van der Waals surface area (Å²) in [6, 6.07) is 18.6. The molecule has 8 rings (SSSR count). The molecule has 2 aromatic rings. The minimum Gasteiger partial charge on any atom is -0.397 e. The fraction of sp³-hybridized carbons (Fsp3) is 0.714. The molecule has 0 spiro atoms. The standard InChI is InChI=1S/C42H66BN4O4/c1-48-41-23-17-39(18-24-41,19-25-41)35-13-9-33(10-14-35)31-46-37(7-3-5-29-44)50-43-51-38(8-4-6-30-45)47-32-34-11-15-36(16-12-34)40-20-26-42(49-2,27-21-40)28-22-40/h9-16,37-38,46-47H,3-8,17-32,44-45H2,1-2H3. The summed E-state index contributed by atoms with van der Waals surface area (Å²) in [5, 5.41) is 7.27. The molecule has 9 heteroatoms. The first-order valence-corrected chi connectivity index (χ1v) is 20.2. The lowest BCUT2D eigenvalue weighted by Crippen LogP contribution is -2.49. The molecular weight excluding hydrogens is 635 g/mol. The normalized spacial score (nSPS) is 29.6. The number of ether oxygens (including phenoxy) is 2. The van der Waals surface area contributed by atoms with Crippen LogP contribution in [0, 0.1) is 0 Å². The third-order valence-corrected chi connectivity index (χ3v) is 13.7. The van der Waals surface area contributed by atoms with Crippen LogP contribution in [-0.2, 0) is 42.7 Å². The molecule has 51 heavy (non-hydrogen) atoms. The first-order valence-electron chi connectivity index (χ1n) is 20.2. The fourth-order valence-electron chi connectivity index (χ4n) is 9.75. The molecule has 6 aliphatic carbocycles. The summed E-state index contributed by atoms with van der Waals surface area (Å²) in [6.45, 7) is 2.85. The summed E-state index contributed by atoms with van der Waals surface area (Å²) >= 11 is 0. The Bertz CT molecular complexity index is 1190. The molecule has 2 aromatic carbocycles. The zero-order valence-electron chi connectivity index (χ0n) is 31.7. The van der Waals surface area contributed by atoms with Crippen LogP contribution in [0.2, 0.25) is 0 Å². The number of nitrogens with one attached hydrogen (secondary N) is 2. The van der Waals surface area contributed by atoms with Crippen molar-refractivity contribution < 1.29 is 18.8 Å². The average Bonchev–Trinajstić information content (AvgIpc) is 3.20. The Morgan fingerprint density at radius 2 is 0.902 bits per heavy atom. The number of nitrogens with two attached hydrogens (primary N) is 2. The van der Waals surface area contributed by atoms with Crippen molar-refractivity contribution in [3.8, 4) is 0 Å². The largest absolute Gasteiger partial charge is 0.490 e. The van der Waals surface area contributed by atoms with Gasteiger partial charge in [0.05, 0.1) is 23.7 Å². The van der Waals surface area contributed by atoms with Gasteiger partial charge in [0.1, 0.15) is 0 Å². The maximum atomic E-state index is 6.22. The van der Waals surface area contributed by atoms with Crippen molar-refractivity contribution in [1.29, 1.82) is 0 Å². The Morgan fingerprint density at radius 3 is 1.22 bits per heavy atom. The van der Waals surface area contributed by atoms with Gasteiger partial charge in [0.25, 0.3) is 0 Å². The van der Waals surface area contributed by atoms with E-state index < -0.39 is 0 Å². The zero-order chi connectivity index (χ0) is 35.6. The summed E-state index contributed by atoms with van der Waals surface area (Å²) in [7, 11) is 5.34. The van der Waals surface area contributed by atoms with E-state index in [1.807, 2.05) is 14.2 Å². The smallest absolute Gasteiger partial charge is 0.397 e. The third-order valence-electron chi connectivity index (χ3n) is 13.7. The van der Waals surface area contributed by atoms with Crippen LogP contribution >= 0.6 is 0 Å². The van der Waals surface area contributed by atoms with Gasteiger partial charge in [-0.15, -0.1) is 0 Å². The molecule has 6 N–H and O–H groups in total. The maximum Gasteiger partial charge on any atom is 0.490 e. The SMILES string of the molecule is COC12CCC(c3ccc(CNC(CCCCN)O[B]OC(CCCCN)NCc4ccc(C56CCC(OC)(CC5)CC6)cc4)cc3)(CC1)CC2. The molecular formula is C42H66BN4O4. The number of rotatable bonds is 22. The topological polar surface area (TPSA) is 113 Å². The summed E-state index contributed by atoms with van der Waals surface area (Å²) < 4.78 is 24.3. The highest BCUT2D eigenvalue weighted by Crippen LogP contribution is 2.56. The molecule has 0 aromatic heterocycles. The van der Waals surface area contributed by atoms with Gasteiger partial charge in [0.15, 0.2) is 0 Å². The van der Waals surface area contributed by atoms with Crippen molar-refractivity contribution in [3.05, 3.63) is 70.8 Å². The second-order valence-corrected chi connectivity index (χ2v) is 16.4. The van der Waals surface area contributed by atoms with Crippen molar-refractivity contribution in [2.75, 3.05) is 27.3 Å². The van der Waals surface area contributed by atoms with Crippen LogP contribution in [0.5, 0.6) is 0 Å². The van der Waals surface area contributed by atoms with Crippen molar-refractivity contribution in [2.24, 2.45) is 11.5 Å². The summed E-state index contributed by atoms with van der Waals surface area (Å²) in [5.41, 5.74) is 18.1. The fourth-order valence-corrected chi connectivity index (χ4v) is 9.75. The molecule has 6 fully saturated rings. The van der Waals surface area contributed by atoms with Crippen molar-refractivity contribution in [1.82, 2.24) is 10.6 Å². The van der Waals surface area contributed by atoms with Crippen LogP contribution in [0.25, 0.3) is 0 Å². The van der Waals surface area contributed by atoms with E-state index in [0.29, 0.717) is 23.9 Å². The molecule has 6 saturated carbocycles. The number of fused-ring (bicyclic) bond motifs is 6. The van der Waals surface area contributed by atoms with Gasteiger partial charge in [-0.1, -0.05) is 48.5 Å². The van der Waals surface area contributed by atoms with E-state index >= 15 is 0 Å². The zero-order valence-corrected chi connectivity index (χ0v) is 31.7. The predicted molar refractivity (Wildman–Crippen MR) is 206 cm³/mol. The molecule has 281 valence electrons. The first-order chi connectivity index (χ1) is 24.9. The van der Waals surface area contributed by atoms with E-state index in [9.17, 15) is 0 Å². The summed E-state index contributed by atoms with van der Waals surface area (Å²) in [5.74, 6) is 0. The van der Waals surface area contributed by atoms with E-state index in [1.54, 1.807) is 7.69 Å². The predicted octanol–water partition coefficient (Wildman–Crippen LogP) is 7.03. The van der Waals surface area contributed by atoms with Gasteiger partial charge in [0.2, 0.25) is 0 Å². The number of hydrogen-bond acceptors (Lipinski definition) is 8. The maximum absolute atomic E-state index is 6.22. The Morgan fingerprint density at radius 1 is 0.549 bits per heavy atom. The summed E-state index contributed by atoms with van der Waals surface area (Å²) in [6.07, 6.45) is 19.8. The Hall–Kier alpha value is -1.82. The first kappa shape index (κ1) is 38.9. The number of benzene rings is 2. The second-order valence-electron chi connectivity index (χ2n) is 16.4. The van der Waals surface area contributed by atoms with Gasteiger partial charge in [-0.05, 0) is 162 Å². The average molecular weight is 702 g/mol. The highest BCUT2D eigenvalue weighted by molar-refractivity contribution is 6.18. The van der Waals surface area contributed by atoms with Gasteiger partial charge in [-0.3, -0.25) is 10.6 Å². The lowest BCUT2D eigenvalue weighted by Gasteiger charge is -2.53. The molecule has 0 heterocycles. The highest BCUT2D eigenvalue weighted by atomic mass is 16.6. The molecule has 0 amide bonds. The second kappa shape index (κ2) is 18.0. The van der Waals surface area contributed by atoms with Gasteiger partial charge >= 0.3 is 7.69 Å². The minimum absolute atomic E-state index is 0.140. The molecule has 0 aliphatic heterocycles. The molecule has 2 atom stereocenters. The summed E-state index contributed by atoms with van der Waals surface area (Å²) in [4.78, 5) is 0. The van der Waals surface area contributed by atoms with Crippen LogP contribution in [0.15, 0.2) is 48.5 Å². The van der Waals surface area contributed by atoms with E-state index in [-0.39, 0.29) is 23.7 Å². The van der Waals surface area contributed by atoms with Crippen LogP contribution in [-0.4, -0.2) is 58.7 Å². The minimum atomic E-state index is -0.154. The van der Waals surface area contributed by atoms with Crippen LogP contribution in [0.1, 0.15) is 138 Å². The van der Waals surface area contributed by atoms with Gasteiger partial charge in [-0.25, -0.2) is 0 Å². The lowest BCUT2D eigenvalue weighted by molar-refractivity contribution is -0.0956. The van der Waals surface area contributed by atoms with Crippen molar-refractivity contribution in [3.63, 3.8) is 0 Å². The Balaban J connectivity index is 0.980. The van der Waals surface area contributed by atoms with Gasteiger partial charge in [-0.2, -0.15) is 0 Å². The van der Waals surface area contributed by atoms with E-state index in [0.717, 1.165) is 51.6 Å². The number of hydrogen-bond donors (Lipinski definition) is 4. The van der Waals surface area contributed by atoms with E-state index in [1.165, 1.54) is 99.3 Å². The van der Waals surface area contributed by atoms with Gasteiger partial charge in [0, 0.05) is 27.3 Å². The molecule has 0 saturated heterocycles. The van der Waals surface area contributed by atoms with E-state index in [2.05, 4.69) is 59.2 Å². The Labute approximate surface area is 309 Å². The van der Waals surface area contributed by atoms with Crippen molar-refractivity contribution >= 4 is 7.69 Å².